The molecule has 1 atom stereocenters. The lowest BCUT2D eigenvalue weighted by atomic mass is 9.88. The van der Waals surface area contributed by atoms with Crippen LogP contribution in [0.4, 0.5) is 0 Å². The molecule has 0 radical (unpaired) electrons. The Kier molecular flexibility index (Phi) is 4.83. The van der Waals surface area contributed by atoms with Gasteiger partial charge in [-0.2, -0.15) is 0 Å². The van der Waals surface area contributed by atoms with Crippen molar-refractivity contribution >= 4 is 22.7 Å². The fourth-order valence-corrected chi connectivity index (χ4v) is 2.55. The van der Waals surface area contributed by atoms with Crippen LogP contribution in [0.3, 0.4) is 0 Å². The molecule has 0 spiro atoms. The molecule has 2 rings (SSSR count). The molecule has 3 nitrogen and oxygen atoms in total. The Morgan fingerprint density at radius 2 is 2.11 bits per heavy atom. The third-order valence-electron chi connectivity index (χ3n) is 3.60. The van der Waals surface area contributed by atoms with Crippen molar-refractivity contribution in [3.05, 3.63) is 29.1 Å². The summed E-state index contributed by atoms with van der Waals surface area (Å²) >= 11 is 5.94. The molecule has 4 heteroatoms. The highest BCUT2D eigenvalue weighted by molar-refractivity contribution is 6.31. The molecule has 2 aromatic rings. The fourth-order valence-electron chi connectivity index (χ4n) is 2.39. The van der Waals surface area contributed by atoms with Gasteiger partial charge in [-0.3, -0.25) is 0 Å². The molecular weight excluding hydrogens is 260 g/mol. The zero-order chi connectivity index (χ0) is 13.8. The van der Waals surface area contributed by atoms with Crippen molar-refractivity contribution in [1.29, 1.82) is 0 Å². The van der Waals surface area contributed by atoms with Gasteiger partial charge in [0, 0.05) is 17.5 Å². The number of halogens is 1. The number of oxazole rings is 1. The quantitative estimate of drug-likeness (QED) is 0.869. The van der Waals surface area contributed by atoms with Crippen molar-refractivity contribution in [1.82, 2.24) is 4.98 Å². The Morgan fingerprint density at radius 3 is 2.79 bits per heavy atom. The molecule has 0 saturated heterocycles. The molecule has 0 aliphatic rings. The average molecular weight is 281 g/mol. The number of hydrogen-bond donors (Lipinski definition) is 1. The molecule has 0 fully saturated rings. The number of nitrogens with zero attached hydrogens (tertiary/aromatic N) is 1. The lowest BCUT2D eigenvalue weighted by Gasteiger charge is -2.18. The number of hydrogen-bond acceptors (Lipinski definition) is 3. The van der Waals surface area contributed by atoms with Gasteiger partial charge in [-0.15, -0.1) is 0 Å². The minimum absolute atomic E-state index is 0.628. The van der Waals surface area contributed by atoms with Gasteiger partial charge in [0.1, 0.15) is 5.52 Å². The van der Waals surface area contributed by atoms with Crippen molar-refractivity contribution in [2.75, 3.05) is 6.54 Å². The van der Waals surface area contributed by atoms with Crippen LogP contribution in [0.2, 0.25) is 5.02 Å². The zero-order valence-electron chi connectivity index (χ0n) is 11.5. The molecule has 104 valence electrons. The van der Waals surface area contributed by atoms with Crippen LogP contribution in [0.25, 0.3) is 11.1 Å². The van der Waals surface area contributed by atoms with E-state index in [0.717, 1.165) is 42.8 Å². The monoisotopic (exact) mass is 280 g/mol. The summed E-state index contributed by atoms with van der Waals surface area (Å²) in [7, 11) is 0. The summed E-state index contributed by atoms with van der Waals surface area (Å²) in [5, 5.41) is 0.679. The van der Waals surface area contributed by atoms with Gasteiger partial charge in [0.05, 0.1) is 0 Å². The first-order valence-corrected chi connectivity index (χ1v) is 7.23. The number of aryl methyl sites for hydroxylation is 1. The second-order valence-electron chi connectivity index (χ2n) is 5.34. The normalized spacial score (nSPS) is 13.3. The highest BCUT2D eigenvalue weighted by atomic mass is 35.5. The van der Waals surface area contributed by atoms with E-state index in [1.807, 2.05) is 18.2 Å². The maximum Gasteiger partial charge on any atom is 0.195 e. The van der Waals surface area contributed by atoms with Gasteiger partial charge in [-0.05, 0) is 43.4 Å². The topological polar surface area (TPSA) is 52.0 Å². The number of rotatable bonds is 6. The van der Waals surface area contributed by atoms with Crippen LogP contribution in [0.5, 0.6) is 0 Å². The van der Waals surface area contributed by atoms with Crippen molar-refractivity contribution in [3.63, 3.8) is 0 Å². The fraction of sp³-hybridized carbons (Fsp3) is 0.533. The third kappa shape index (κ3) is 3.71. The summed E-state index contributed by atoms with van der Waals surface area (Å²) < 4.78 is 5.73. The van der Waals surface area contributed by atoms with Crippen LogP contribution in [0, 0.1) is 11.8 Å². The van der Waals surface area contributed by atoms with E-state index in [0.29, 0.717) is 16.9 Å². The van der Waals surface area contributed by atoms with Crippen LogP contribution >= 0.6 is 11.6 Å². The van der Waals surface area contributed by atoms with E-state index in [9.17, 15) is 0 Å². The number of nitrogens with two attached hydrogens (primary N) is 1. The highest BCUT2D eigenvalue weighted by Crippen LogP contribution is 2.24. The lowest BCUT2D eigenvalue weighted by molar-refractivity contribution is 0.330. The smallest absolute Gasteiger partial charge is 0.195 e. The second-order valence-corrected chi connectivity index (χ2v) is 5.78. The Hall–Kier alpha value is -1.06. The zero-order valence-corrected chi connectivity index (χ0v) is 12.3. The van der Waals surface area contributed by atoms with E-state index in [1.54, 1.807) is 0 Å². The molecule has 0 aliphatic heterocycles. The molecule has 0 saturated carbocycles. The van der Waals surface area contributed by atoms with Gasteiger partial charge < -0.3 is 10.2 Å². The minimum atomic E-state index is 0.628. The van der Waals surface area contributed by atoms with Gasteiger partial charge in [0.25, 0.3) is 0 Å². The maximum atomic E-state index is 5.94. The SMILES string of the molecule is CC(C)C(CCN)CCc1nc2ccc(Cl)cc2o1. The molecule has 1 aromatic carbocycles. The van der Waals surface area contributed by atoms with Crippen LogP contribution in [-0.2, 0) is 6.42 Å². The lowest BCUT2D eigenvalue weighted by Crippen LogP contribution is -2.15. The molecule has 1 heterocycles. The first kappa shape index (κ1) is 14.4. The molecule has 1 unspecified atom stereocenters. The molecular formula is C15H21ClN2O. The van der Waals surface area contributed by atoms with E-state index < -0.39 is 0 Å². The summed E-state index contributed by atoms with van der Waals surface area (Å²) in [6, 6.07) is 5.54. The minimum Gasteiger partial charge on any atom is -0.441 e. The van der Waals surface area contributed by atoms with Crippen LogP contribution < -0.4 is 5.73 Å². The molecule has 0 aliphatic carbocycles. The molecule has 0 amide bonds. The van der Waals surface area contributed by atoms with Gasteiger partial charge in [0.15, 0.2) is 11.5 Å². The summed E-state index contributed by atoms with van der Waals surface area (Å²) in [6.45, 7) is 5.23. The van der Waals surface area contributed by atoms with Crippen LogP contribution in [0.1, 0.15) is 32.6 Å². The molecule has 2 N–H and O–H groups in total. The summed E-state index contributed by atoms with van der Waals surface area (Å²) in [4.78, 5) is 4.49. The van der Waals surface area contributed by atoms with E-state index in [1.165, 1.54) is 0 Å². The number of fused-ring (bicyclic) bond motifs is 1. The Balaban J connectivity index is 2.04. The summed E-state index contributed by atoms with van der Waals surface area (Å²) in [5.74, 6) is 2.06. The molecule has 0 bridgehead atoms. The van der Waals surface area contributed by atoms with Crippen LogP contribution in [-0.4, -0.2) is 11.5 Å². The van der Waals surface area contributed by atoms with Gasteiger partial charge in [0.2, 0.25) is 0 Å². The standard InChI is InChI=1S/C15H21ClN2O/c1-10(2)11(7-8-17)3-6-15-18-13-5-4-12(16)9-14(13)19-15/h4-5,9-11H,3,6-8,17H2,1-2H3. The van der Waals surface area contributed by atoms with E-state index >= 15 is 0 Å². The Bertz CT molecular complexity index is 536. The van der Waals surface area contributed by atoms with E-state index in [-0.39, 0.29) is 0 Å². The predicted molar refractivity (Wildman–Crippen MR) is 79.3 cm³/mol. The average Bonchev–Trinajstić information content (AvgIpc) is 2.75. The van der Waals surface area contributed by atoms with E-state index in [2.05, 4.69) is 18.8 Å². The van der Waals surface area contributed by atoms with E-state index in [4.69, 9.17) is 21.8 Å². The second kappa shape index (κ2) is 6.40. The van der Waals surface area contributed by atoms with Crippen molar-refractivity contribution in [2.45, 2.75) is 33.1 Å². The molecule has 1 aromatic heterocycles. The highest BCUT2D eigenvalue weighted by Gasteiger charge is 2.14. The van der Waals surface area contributed by atoms with Crippen molar-refractivity contribution in [3.8, 4) is 0 Å². The van der Waals surface area contributed by atoms with Gasteiger partial charge in [-0.25, -0.2) is 4.98 Å². The van der Waals surface area contributed by atoms with Crippen molar-refractivity contribution < 1.29 is 4.42 Å². The van der Waals surface area contributed by atoms with Gasteiger partial charge >= 0.3 is 0 Å². The largest absolute Gasteiger partial charge is 0.441 e. The Labute approximate surface area is 119 Å². The number of aromatic nitrogens is 1. The summed E-state index contributed by atoms with van der Waals surface area (Å²) in [6.07, 6.45) is 2.98. The summed E-state index contributed by atoms with van der Waals surface area (Å²) in [5.41, 5.74) is 7.30. The predicted octanol–water partition coefficient (Wildman–Crippen LogP) is 4.03. The Morgan fingerprint density at radius 1 is 1.32 bits per heavy atom. The van der Waals surface area contributed by atoms with Crippen molar-refractivity contribution in [2.24, 2.45) is 17.6 Å². The first-order chi connectivity index (χ1) is 9.10. The molecule has 19 heavy (non-hydrogen) atoms. The third-order valence-corrected chi connectivity index (χ3v) is 3.84. The maximum absolute atomic E-state index is 5.94. The van der Waals surface area contributed by atoms with Gasteiger partial charge in [-0.1, -0.05) is 25.4 Å². The first-order valence-electron chi connectivity index (χ1n) is 6.85. The number of benzene rings is 1. The van der Waals surface area contributed by atoms with Crippen LogP contribution in [0.15, 0.2) is 22.6 Å².